The maximum Gasteiger partial charge on any atom is 0.341 e. The molecule has 0 radical (unpaired) electrons. The third-order valence-electron chi connectivity index (χ3n) is 5.49. The number of carbonyl (C=O) groups is 1. The van der Waals surface area contributed by atoms with Crippen LogP contribution in [0.2, 0.25) is 0 Å². The van der Waals surface area contributed by atoms with Crippen molar-refractivity contribution in [2.24, 2.45) is 0 Å². The van der Waals surface area contributed by atoms with E-state index in [-0.39, 0.29) is 11.6 Å². The van der Waals surface area contributed by atoms with Crippen LogP contribution in [0.25, 0.3) is 21.9 Å². The van der Waals surface area contributed by atoms with Gasteiger partial charge in [0.25, 0.3) is 0 Å². The Bertz CT molecular complexity index is 1110. The van der Waals surface area contributed by atoms with Gasteiger partial charge in [0.05, 0.1) is 16.4 Å². The van der Waals surface area contributed by atoms with Gasteiger partial charge in [0.15, 0.2) is 0 Å². The fraction of sp³-hybridized carbons (Fsp3) is 0.389. The summed E-state index contributed by atoms with van der Waals surface area (Å²) in [5.41, 5.74) is 3.06. The number of carboxylic acids is 1. The van der Waals surface area contributed by atoms with Crippen molar-refractivity contribution in [2.75, 3.05) is 0 Å². The number of aryl methyl sites for hydroxylation is 3. The van der Waals surface area contributed by atoms with Crippen LogP contribution in [-0.4, -0.2) is 25.2 Å². The minimum atomic E-state index is -1.17. The van der Waals surface area contributed by atoms with Crippen LogP contribution in [0.5, 0.6) is 0 Å². The average Bonchev–Trinajstić information content (AvgIpc) is 3.12. The van der Waals surface area contributed by atoms with Crippen molar-refractivity contribution in [3.63, 3.8) is 0 Å². The minimum Gasteiger partial charge on any atom is -0.477 e. The molecule has 0 fully saturated rings. The van der Waals surface area contributed by atoms with Gasteiger partial charge in [-0.1, -0.05) is 0 Å². The normalized spacial score (nSPS) is 19.1. The summed E-state index contributed by atoms with van der Waals surface area (Å²) in [4.78, 5) is 29.2. The lowest BCUT2D eigenvalue weighted by molar-refractivity contribution is 0.0694. The van der Waals surface area contributed by atoms with Gasteiger partial charge in [-0.05, 0) is 37.8 Å². The van der Waals surface area contributed by atoms with Crippen LogP contribution in [0.4, 0.5) is 0 Å². The van der Waals surface area contributed by atoms with Crippen LogP contribution in [0, 0.1) is 0 Å². The molecule has 1 aromatic carbocycles. The highest BCUT2D eigenvalue weighted by molar-refractivity contribution is 6.07. The second kappa shape index (κ2) is 4.47. The van der Waals surface area contributed by atoms with E-state index in [1.807, 2.05) is 4.57 Å². The molecule has 1 N–H and O–H groups in total. The third-order valence-corrected chi connectivity index (χ3v) is 5.49. The quantitative estimate of drug-likeness (QED) is 0.746. The molecule has 0 bridgehead atoms. The Morgan fingerprint density at radius 1 is 1.38 bits per heavy atom. The molecule has 0 saturated heterocycles. The van der Waals surface area contributed by atoms with E-state index in [4.69, 9.17) is 4.98 Å². The molecule has 122 valence electrons. The van der Waals surface area contributed by atoms with Crippen molar-refractivity contribution in [2.45, 2.75) is 45.2 Å². The second-order valence-corrected chi connectivity index (χ2v) is 6.88. The summed E-state index contributed by atoms with van der Waals surface area (Å²) < 4.78 is 4.14. The Morgan fingerprint density at radius 2 is 2.21 bits per heavy atom. The maximum atomic E-state index is 12.9. The van der Waals surface area contributed by atoms with Crippen LogP contribution >= 0.6 is 0 Å². The van der Waals surface area contributed by atoms with Gasteiger partial charge >= 0.3 is 5.97 Å². The van der Waals surface area contributed by atoms with Crippen molar-refractivity contribution in [3.8, 4) is 0 Å². The predicted octanol–water partition coefficient (Wildman–Crippen LogP) is 2.50. The first kappa shape index (κ1) is 13.8. The van der Waals surface area contributed by atoms with E-state index in [1.54, 1.807) is 0 Å². The number of imidazole rings is 1. The lowest BCUT2D eigenvalue weighted by Gasteiger charge is -2.26. The molecule has 2 aliphatic rings. The number of aromatic carboxylic acids is 1. The van der Waals surface area contributed by atoms with Gasteiger partial charge in [-0.25, -0.2) is 9.78 Å². The van der Waals surface area contributed by atoms with Crippen LogP contribution in [0.15, 0.2) is 17.1 Å². The number of fused-ring (bicyclic) bond motifs is 4. The van der Waals surface area contributed by atoms with Gasteiger partial charge in [-0.2, -0.15) is 0 Å². The predicted molar refractivity (Wildman–Crippen MR) is 89.8 cm³/mol. The molecule has 0 amide bonds. The average molecular weight is 323 g/mol. The Kier molecular flexibility index (Phi) is 2.56. The smallest absolute Gasteiger partial charge is 0.341 e. The molecule has 24 heavy (non-hydrogen) atoms. The molecular formula is C18H17N3O3. The van der Waals surface area contributed by atoms with Gasteiger partial charge < -0.3 is 14.2 Å². The van der Waals surface area contributed by atoms with E-state index in [0.29, 0.717) is 10.9 Å². The number of carboxylic acid groups (broad SMARTS) is 1. The van der Waals surface area contributed by atoms with E-state index in [2.05, 4.69) is 17.6 Å². The molecule has 4 heterocycles. The zero-order chi connectivity index (χ0) is 16.6. The zero-order valence-corrected chi connectivity index (χ0v) is 13.4. The van der Waals surface area contributed by atoms with Crippen molar-refractivity contribution < 1.29 is 9.90 Å². The molecule has 3 aromatic rings. The summed E-state index contributed by atoms with van der Waals surface area (Å²) in [6.07, 6.45) is 5.34. The van der Waals surface area contributed by atoms with Gasteiger partial charge in [0.2, 0.25) is 5.43 Å². The van der Waals surface area contributed by atoms with Crippen LogP contribution in [0.1, 0.15) is 47.6 Å². The molecule has 1 unspecified atom stereocenters. The molecule has 2 aromatic heterocycles. The lowest BCUT2D eigenvalue weighted by Crippen LogP contribution is -2.24. The Labute approximate surface area is 137 Å². The highest BCUT2D eigenvalue weighted by Crippen LogP contribution is 2.35. The molecule has 6 heteroatoms. The SMILES string of the molecule is CC1CCc2cc3c(nc4n3CCC4)c3c(=O)c(C(=O)O)cn1c23. The fourth-order valence-electron chi connectivity index (χ4n) is 4.29. The molecule has 0 saturated carbocycles. The first-order valence-electron chi connectivity index (χ1n) is 8.39. The Hall–Kier alpha value is -2.63. The molecule has 6 nitrogen and oxygen atoms in total. The van der Waals surface area contributed by atoms with Gasteiger partial charge in [-0.3, -0.25) is 4.79 Å². The van der Waals surface area contributed by atoms with E-state index in [0.717, 1.165) is 54.6 Å². The second-order valence-electron chi connectivity index (χ2n) is 6.88. The number of hydrogen-bond acceptors (Lipinski definition) is 3. The van der Waals surface area contributed by atoms with Gasteiger partial charge in [0, 0.05) is 25.2 Å². The van der Waals surface area contributed by atoms with Crippen molar-refractivity contribution in [1.82, 2.24) is 14.1 Å². The van der Waals surface area contributed by atoms with Crippen molar-refractivity contribution in [1.29, 1.82) is 0 Å². The third kappa shape index (κ3) is 1.58. The summed E-state index contributed by atoms with van der Waals surface area (Å²) in [5.74, 6) is -0.170. The van der Waals surface area contributed by atoms with Crippen LogP contribution in [-0.2, 0) is 19.4 Å². The van der Waals surface area contributed by atoms with E-state index >= 15 is 0 Å². The number of aromatic nitrogens is 3. The fourth-order valence-corrected chi connectivity index (χ4v) is 4.29. The molecule has 2 aliphatic heterocycles. The molecule has 0 aliphatic carbocycles. The largest absolute Gasteiger partial charge is 0.477 e. The summed E-state index contributed by atoms with van der Waals surface area (Å²) in [7, 11) is 0. The van der Waals surface area contributed by atoms with Gasteiger partial charge in [0.1, 0.15) is 16.9 Å². The Balaban J connectivity index is 2.06. The number of nitrogens with zero attached hydrogens (tertiary/aromatic N) is 3. The summed E-state index contributed by atoms with van der Waals surface area (Å²) in [5, 5.41) is 9.95. The number of pyridine rings is 1. The first-order valence-corrected chi connectivity index (χ1v) is 8.39. The highest BCUT2D eigenvalue weighted by atomic mass is 16.4. The first-order chi connectivity index (χ1) is 11.6. The molecule has 1 atom stereocenters. The van der Waals surface area contributed by atoms with Crippen LogP contribution in [0.3, 0.4) is 0 Å². The number of hydrogen-bond donors (Lipinski definition) is 1. The lowest BCUT2D eigenvalue weighted by atomic mass is 9.95. The topological polar surface area (TPSA) is 77.1 Å². The summed E-state index contributed by atoms with van der Waals surface area (Å²) in [6, 6.07) is 2.33. The molecule has 5 rings (SSSR count). The minimum absolute atomic E-state index is 0.164. The van der Waals surface area contributed by atoms with E-state index in [9.17, 15) is 14.7 Å². The highest BCUT2D eigenvalue weighted by Gasteiger charge is 2.27. The summed E-state index contributed by atoms with van der Waals surface area (Å²) in [6.45, 7) is 2.98. The maximum absolute atomic E-state index is 12.9. The number of rotatable bonds is 1. The zero-order valence-electron chi connectivity index (χ0n) is 13.4. The Morgan fingerprint density at radius 3 is 3.00 bits per heavy atom. The van der Waals surface area contributed by atoms with Gasteiger partial charge in [-0.15, -0.1) is 0 Å². The van der Waals surface area contributed by atoms with Crippen molar-refractivity contribution >= 4 is 27.9 Å². The number of benzene rings is 1. The molecular weight excluding hydrogens is 306 g/mol. The van der Waals surface area contributed by atoms with Crippen molar-refractivity contribution in [3.05, 3.63) is 39.4 Å². The van der Waals surface area contributed by atoms with E-state index in [1.165, 1.54) is 6.20 Å². The standard InChI is InChI=1S/C18H17N3O3/c1-9-4-5-10-7-12-15(19-13-3-2-6-20(12)13)14-16(10)21(9)8-11(17(14)22)18(23)24/h7-9H,2-6H2,1H3,(H,23,24). The van der Waals surface area contributed by atoms with Crippen LogP contribution < -0.4 is 5.43 Å². The molecule has 0 spiro atoms. The van der Waals surface area contributed by atoms with E-state index < -0.39 is 11.4 Å². The monoisotopic (exact) mass is 323 g/mol. The summed E-state index contributed by atoms with van der Waals surface area (Å²) >= 11 is 0.